The third kappa shape index (κ3) is 5.28. The Hall–Kier alpha value is -2.32. The highest BCUT2D eigenvalue weighted by Crippen LogP contribution is 2.09. The standard InChI is InChI=1S/C16H21N3O2/c1-4-19(3)15(20)11-18-16(21)14-9-12(2)8-13(10-14)6-5-7-17/h8-10H,4,7,11,17H2,1-3H3,(H,18,21). The minimum atomic E-state index is -0.285. The Kier molecular flexibility index (Phi) is 6.44. The van der Waals surface area contributed by atoms with Gasteiger partial charge in [0.05, 0.1) is 13.1 Å². The number of aryl methyl sites for hydroxylation is 1. The molecule has 0 radical (unpaired) electrons. The Morgan fingerprint density at radius 1 is 1.33 bits per heavy atom. The molecule has 3 N–H and O–H groups in total. The summed E-state index contributed by atoms with van der Waals surface area (Å²) < 4.78 is 0. The fourth-order valence-electron chi connectivity index (χ4n) is 1.71. The Bertz CT molecular complexity index is 585. The van der Waals surface area contributed by atoms with Crippen molar-refractivity contribution >= 4 is 11.8 Å². The van der Waals surface area contributed by atoms with Crippen LogP contribution in [0.3, 0.4) is 0 Å². The summed E-state index contributed by atoms with van der Waals surface area (Å²) in [6.45, 7) is 4.63. The molecule has 0 saturated carbocycles. The van der Waals surface area contributed by atoms with Crippen LogP contribution in [0.2, 0.25) is 0 Å². The van der Waals surface area contributed by atoms with E-state index in [2.05, 4.69) is 17.2 Å². The summed E-state index contributed by atoms with van der Waals surface area (Å²) in [6, 6.07) is 5.34. The number of rotatable bonds is 4. The zero-order valence-corrected chi connectivity index (χ0v) is 12.7. The number of carbonyl (C=O) groups is 2. The first-order chi connectivity index (χ1) is 9.97. The molecule has 112 valence electrons. The lowest BCUT2D eigenvalue weighted by atomic mass is 10.1. The minimum Gasteiger partial charge on any atom is -0.345 e. The Balaban J connectivity index is 2.78. The van der Waals surface area contributed by atoms with E-state index in [1.807, 2.05) is 19.9 Å². The molecule has 0 atom stereocenters. The van der Waals surface area contributed by atoms with E-state index in [1.165, 1.54) is 0 Å². The smallest absolute Gasteiger partial charge is 0.251 e. The van der Waals surface area contributed by atoms with Crippen molar-refractivity contribution in [2.45, 2.75) is 13.8 Å². The van der Waals surface area contributed by atoms with Crippen LogP contribution in [0.15, 0.2) is 18.2 Å². The van der Waals surface area contributed by atoms with Crippen LogP contribution in [0.1, 0.15) is 28.4 Å². The molecular formula is C16H21N3O2. The van der Waals surface area contributed by atoms with Crippen molar-refractivity contribution in [2.24, 2.45) is 5.73 Å². The van der Waals surface area contributed by atoms with Crippen LogP contribution in [0.5, 0.6) is 0 Å². The number of nitrogens with two attached hydrogens (primary N) is 1. The zero-order valence-electron chi connectivity index (χ0n) is 12.7. The van der Waals surface area contributed by atoms with E-state index in [0.29, 0.717) is 12.1 Å². The van der Waals surface area contributed by atoms with Gasteiger partial charge < -0.3 is 16.0 Å². The Labute approximate surface area is 125 Å². The maximum Gasteiger partial charge on any atom is 0.251 e. The van der Waals surface area contributed by atoms with Crippen LogP contribution in [-0.4, -0.2) is 43.4 Å². The van der Waals surface area contributed by atoms with Crippen LogP contribution in [0, 0.1) is 18.8 Å². The second-order valence-electron chi connectivity index (χ2n) is 4.68. The topological polar surface area (TPSA) is 75.4 Å². The number of carbonyl (C=O) groups excluding carboxylic acids is 2. The lowest BCUT2D eigenvalue weighted by Crippen LogP contribution is -2.38. The molecule has 0 bridgehead atoms. The highest BCUT2D eigenvalue weighted by Gasteiger charge is 2.11. The largest absolute Gasteiger partial charge is 0.345 e. The lowest BCUT2D eigenvalue weighted by Gasteiger charge is -2.14. The van der Waals surface area contributed by atoms with Gasteiger partial charge in [-0.2, -0.15) is 0 Å². The molecule has 0 aromatic heterocycles. The lowest BCUT2D eigenvalue weighted by molar-refractivity contribution is -0.128. The van der Waals surface area contributed by atoms with Crippen molar-refractivity contribution in [3.05, 3.63) is 34.9 Å². The van der Waals surface area contributed by atoms with E-state index in [1.54, 1.807) is 24.1 Å². The quantitative estimate of drug-likeness (QED) is 0.792. The van der Waals surface area contributed by atoms with E-state index in [0.717, 1.165) is 11.1 Å². The van der Waals surface area contributed by atoms with Gasteiger partial charge in [-0.3, -0.25) is 9.59 Å². The molecule has 0 saturated heterocycles. The summed E-state index contributed by atoms with van der Waals surface area (Å²) >= 11 is 0. The highest BCUT2D eigenvalue weighted by molar-refractivity contribution is 5.96. The van der Waals surface area contributed by atoms with Crippen LogP contribution in [-0.2, 0) is 4.79 Å². The van der Waals surface area contributed by atoms with Crippen LogP contribution in [0.25, 0.3) is 0 Å². The number of hydrogen-bond donors (Lipinski definition) is 2. The summed E-state index contributed by atoms with van der Waals surface area (Å²) in [5.41, 5.74) is 7.50. The van der Waals surface area contributed by atoms with Crippen LogP contribution >= 0.6 is 0 Å². The molecule has 5 nitrogen and oxygen atoms in total. The highest BCUT2D eigenvalue weighted by atomic mass is 16.2. The van der Waals surface area contributed by atoms with Gasteiger partial charge in [-0.25, -0.2) is 0 Å². The molecule has 0 aliphatic rings. The third-order valence-corrected chi connectivity index (χ3v) is 2.97. The molecule has 2 amide bonds. The first-order valence-electron chi connectivity index (χ1n) is 6.80. The zero-order chi connectivity index (χ0) is 15.8. The number of benzene rings is 1. The molecule has 0 fully saturated rings. The monoisotopic (exact) mass is 287 g/mol. The van der Waals surface area contributed by atoms with Crippen LogP contribution < -0.4 is 11.1 Å². The molecule has 1 aromatic carbocycles. The fourth-order valence-corrected chi connectivity index (χ4v) is 1.71. The molecule has 0 aliphatic heterocycles. The number of nitrogens with zero attached hydrogens (tertiary/aromatic N) is 1. The Morgan fingerprint density at radius 3 is 2.67 bits per heavy atom. The summed E-state index contributed by atoms with van der Waals surface area (Å²) in [7, 11) is 1.70. The minimum absolute atomic E-state index is 0.0130. The summed E-state index contributed by atoms with van der Waals surface area (Å²) in [5.74, 6) is 5.25. The number of hydrogen-bond acceptors (Lipinski definition) is 3. The van der Waals surface area contributed by atoms with Crippen molar-refractivity contribution in [3.8, 4) is 11.8 Å². The van der Waals surface area contributed by atoms with Gasteiger partial charge in [0.25, 0.3) is 5.91 Å². The van der Waals surface area contributed by atoms with Gasteiger partial charge in [-0.15, -0.1) is 0 Å². The van der Waals surface area contributed by atoms with Gasteiger partial charge in [0.2, 0.25) is 5.91 Å². The maximum atomic E-state index is 12.1. The molecule has 1 aromatic rings. The summed E-state index contributed by atoms with van der Waals surface area (Å²) in [4.78, 5) is 25.3. The van der Waals surface area contributed by atoms with E-state index in [9.17, 15) is 9.59 Å². The third-order valence-electron chi connectivity index (χ3n) is 2.97. The second kappa shape index (κ2) is 8.08. The number of amides is 2. The molecular weight excluding hydrogens is 266 g/mol. The van der Waals surface area contributed by atoms with Crippen molar-refractivity contribution in [3.63, 3.8) is 0 Å². The second-order valence-corrected chi connectivity index (χ2v) is 4.68. The Morgan fingerprint density at radius 2 is 2.05 bits per heavy atom. The van der Waals surface area contributed by atoms with E-state index in [-0.39, 0.29) is 24.9 Å². The molecule has 0 heterocycles. The van der Waals surface area contributed by atoms with Gasteiger partial charge in [-0.1, -0.05) is 11.8 Å². The molecule has 1 rings (SSSR count). The first-order valence-corrected chi connectivity index (χ1v) is 6.80. The van der Waals surface area contributed by atoms with Crippen molar-refractivity contribution in [2.75, 3.05) is 26.7 Å². The predicted octanol–water partition coefficient (Wildman–Crippen LogP) is 0.513. The molecule has 0 spiro atoms. The van der Waals surface area contributed by atoms with Gasteiger partial charge in [-0.05, 0) is 37.6 Å². The molecule has 0 aliphatic carbocycles. The van der Waals surface area contributed by atoms with Gasteiger partial charge >= 0.3 is 0 Å². The summed E-state index contributed by atoms with van der Waals surface area (Å²) in [6.07, 6.45) is 0. The van der Waals surface area contributed by atoms with Gasteiger partial charge in [0, 0.05) is 24.7 Å². The fraction of sp³-hybridized carbons (Fsp3) is 0.375. The van der Waals surface area contributed by atoms with Gasteiger partial charge in [0.1, 0.15) is 0 Å². The molecule has 21 heavy (non-hydrogen) atoms. The maximum absolute atomic E-state index is 12.1. The van der Waals surface area contributed by atoms with Crippen molar-refractivity contribution in [1.29, 1.82) is 0 Å². The molecule has 0 unspecified atom stereocenters. The van der Waals surface area contributed by atoms with E-state index < -0.39 is 0 Å². The van der Waals surface area contributed by atoms with E-state index >= 15 is 0 Å². The normalized spacial score (nSPS) is 9.52. The van der Waals surface area contributed by atoms with Crippen LogP contribution in [0.4, 0.5) is 0 Å². The average Bonchev–Trinajstić information content (AvgIpc) is 2.48. The van der Waals surface area contributed by atoms with Gasteiger partial charge in [0.15, 0.2) is 0 Å². The van der Waals surface area contributed by atoms with Crippen molar-refractivity contribution in [1.82, 2.24) is 10.2 Å². The molecule has 5 heteroatoms. The predicted molar refractivity (Wildman–Crippen MR) is 82.8 cm³/mol. The SMILES string of the molecule is CCN(C)C(=O)CNC(=O)c1cc(C)cc(C#CCN)c1. The van der Waals surface area contributed by atoms with Crippen molar-refractivity contribution < 1.29 is 9.59 Å². The van der Waals surface area contributed by atoms with E-state index in [4.69, 9.17) is 5.73 Å². The first kappa shape index (κ1) is 16.7. The average molecular weight is 287 g/mol. The summed E-state index contributed by atoms with van der Waals surface area (Å²) in [5, 5.41) is 2.62. The number of likely N-dealkylation sites (N-methyl/N-ethyl adjacent to an activating group) is 1. The number of nitrogens with one attached hydrogen (secondary N) is 1.